The molecule has 0 aromatic carbocycles. The quantitative estimate of drug-likeness (QED) is 0.544. The monoisotopic (exact) mass is 138 g/mol. The number of rotatable bonds is 2. The molecule has 0 radical (unpaired) electrons. The van der Waals surface area contributed by atoms with Gasteiger partial charge in [0.05, 0.1) is 6.10 Å². The van der Waals surface area contributed by atoms with E-state index in [-0.39, 0.29) is 6.10 Å². The molecule has 8 heavy (non-hydrogen) atoms. The van der Waals surface area contributed by atoms with Gasteiger partial charge in [-0.05, 0) is 12.8 Å². The van der Waals surface area contributed by atoms with Crippen molar-refractivity contribution < 1.29 is 17.2 Å². The first-order chi connectivity index (χ1) is 3.58. The zero-order valence-electron chi connectivity index (χ0n) is 4.07. The Morgan fingerprint density at radius 1 is 1.50 bits per heavy atom. The normalized spacial score (nSPS) is 21.1. The van der Waals surface area contributed by atoms with Gasteiger partial charge in [-0.3, -0.25) is 4.55 Å². The summed E-state index contributed by atoms with van der Waals surface area (Å²) in [6, 6.07) is 0. The number of hydrogen-bond acceptors (Lipinski definition) is 3. The minimum atomic E-state index is -4.16. The van der Waals surface area contributed by atoms with E-state index in [0.717, 1.165) is 12.8 Å². The molecule has 1 aliphatic carbocycles. The second kappa shape index (κ2) is 1.68. The van der Waals surface area contributed by atoms with Crippen LogP contribution >= 0.6 is 0 Å². The molecule has 1 aliphatic rings. The van der Waals surface area contributed by atoms with Gasteiger partial charge < -0.3 is 0 Å². The molecule has 0 aromatic heterocycles. The third-order valence-corrected chi connectivity index (χ3v) is 1.30. The Hall–Kier alpha value is -0.130. The van der Waals surface area contributed by atoms with Gasteiger partial charge in [0.15, 0.2) is 0 Å². The predicted octanol–water partition coefficient (Wildman–Crippen LogP) is -0.0318. The molecule has 0 spiro atoms. The van der Waals surface area contributed by atoms with Crippen molar-refractivity contribution in [3.63, 3.8) is 0 Å². The molecule has 5 heteroatoms. The van der Waals surface area contributed by atoms with Crippen LogP contribution in [0, 0.1) is 0 Å². The molecule has 48 valence electrons. The molecule has 0 atom stereocenters. The summed E-state index contributed by atoms with van der Waals surface area (Å²) in [5.74, 6) is 0. The Labute approximate surface area is 47.4 Å². The SMILES string of the molecule is O=S(=O)(O)OC1CC1. The fourth-order valence-electron chi connectivity index (χ4n) is 0.336. The van der Waals surface area contributed by atoms with Gasteiger partial charge in [0, 0.05) is 0 Å². The highest BCUT2D eigenvalue weighted by Crippen LogP contribution is 2.24. The van der Waals surface area contributed by atoms with E-state index in [9.17, 15) is 8.42 Å². The van der Waals surface area contributed by atoms with Crippen molar-refractivity contribution in [2.75, 3.05) is 0 Å². The van der Waals surface area contributed by atoms with Gasteiger partial charge in [0.25, 0.3) is 0 Å². The molecule has 1 saturated carbocycles. The van der Waals surface area contributed by atoms with Crippen LogP contribution in [0.1, 0.15) is 12.8 Å². The maximum atomic E-state index is 9.82. The Balaban J connectivity index is 2.38. The van der Waals surface area contributed by atoms with Gasteiger partial charge in [-0.1, -0.05) is 0 Å². The fraction of sp³-hybridized carbons (Fsp3) is 1.00. The molecule has 4 nitrogen and oxygen atoms in total. The summed E-state index contributed by atoms with van der Waals surface area (Å²) in [7, 11) is -4.16. The lowest BCUT2D eigenvalue weighted by Gasteiger charge is -1.91. The summed E-state index contributed by atoms with van der Waals surface area (Å²) in [5, 5.41) is 0. The van der Waals surface area contributed by atoms with Crippen LogP contribution in [0.4, 0.5) is 0 Å². The van der Waals surface area contributed by atoms with Gasteiger partial charge >= 0.3 is 10.4 Å². The van der Waals surface area contributed by atoms with Crippen molar-refractivity contribution in [1.29, 1.82) is 0 Å². The Morgan fingerprint density at radius 3 is 2.12 bits per heavy atom. The van der Waals surface area contributed by atoms with Crippen molar-refractivity contribution in [1.82, 2.24) is 0 Å². The zero-order chi connectivity index (χ0) is 6.20. The smallest absolute Gasteiger partial charge is 0.264 e. The molecule has 0 bridgehead atoms. The van der Waals surface area contributed by atoms with Crippen LogP contribution in [-0.4, -0.2) is 19.1 Å². The largest absolute Gasteiger partial charge is 0.397 e. The van der Waals surface area contributed by atoms with Gasteiger partial charge in [0.2, 0.25) is 0 Å². The highest BCUT2D eigenvalue weighted by Gasteiger charge is 2.27. The zero-order valence-corrected chi connectivity index (χ0v) is 4.89. The molecule has 0 heterocycles. The highest BCUT2D eigenvalue weighted by atomic mass is 32.3. The van der Waals surface area contributed by atoms with E-state index in [4.69, 9.17) is 4.55 Å². The summed E-state index contributed by atoms with van der Waals surface area (Å²) in [4.78, 5) is 0. The molecule has 0 saturated heterocycles. The summed E-state index contributed by atoms with van der Waals surface area (Å²) < 4.78 is 31.7. The second-order valence-corrected chi connectivity index (χ2v) is 2.77. The number of hydrogen-bond donors (Lipinski definition) is 1. The molecular weight excluding hydrogens is 132 g/mol. The van der Waals surface area contributed by atoms with Crippen LogP contribution in [0.25, 0.3) is 0 Å². The topological polar surface area (TPSA) is 63.6 Å². The molecule has 0 aliphatic heterocycles. The lowest BCUT2D eigenvalue weighted by Crippen LogP contribution is -2.04. The fourth-order valence-corrected chi connectivity index (χ4v) is 0.873. The van der Waals surface area contributed by atoms with Gasteiger partial charge in [-0.15, -0.1) is 0 Å². The van der Waals surface area contributed by atoms with Crippen LogP contribution in [0.2, 0.25) is 0 Å². The maximum Gasteiger partial charge on any atom is 0.397 e. The van der Waals surface area contributed by atoms with Crippen molar-refractivity contribution in [2.45, 2.75) is 18.9 Å². The van der Waals surface area contributed by atoms with E-state index in [2.05, 4.69) is 4.18 Å². The minimum Gasteiger partial charge on any atom is -0.264 e. The average Bonchev–Trinajstić information content (AvgIpc) is 2.12. The average molecular weight is 138 g/mol. The van der Waals surface area contributed by atoms with Crippen molar-refractivity contribution in [3.05, 3.63) is 0 Å². The molecule has 1 fully saturated rings. The summed E-state index contributed by atoms with van der Waals surface area (Å²) in [6.45, 7) is 0. The van der Waals surface area contributed by atoms with Crippen molar-refractivity contribution in [3.8, 4) is 0 Å². The highest BCUT2D eigenvalue weighted by molar-refractivity contribution is 7.80. The molecule has 0 amide bonds. The summed E-state index contributed by atoms with van der Waals surface area (Å²) in [5.41, 5.74) is 0. The molecule has 0 unspecified atom stereocenters. The van der Waals surface area contributed by atoms with Gasteiger partial charge in [-0.25, -0.2) is 4.18 Å². The lowest BCUT2D eigenvalue weighted by molar-refractivity contribution is 0.258. The van der Waals surface area contributed by atoms with Gasteiger partial charge in [-0.2, -0.15) is 8.42 Å². The van der Waals surface area contributed by atoms with Crippen LogP contribution < -0.4 is 0 Å². The molecule has 1 rings (SSSR count). The first kappa shape index (κ1) is 6.00. The third-order valence-electron chi connectivity index (χ3n) is 0.782. The van der Waals surface area contributed by atoms with E-state index >= 15 is 0 Å². The van der Waals surface area contributed by atoms with Crippen LogP contribution in [0.3, 0.4) is 0 Å². The lowest BCUT2D eigenvalue weighted by atomic mass is 10.9. The van der Waals surface area contributed by atoms with Gasteiger partial charge in [0.1, 0.15) is 0 Å². The summed E-state index contributed by atoms with van der Waals surface area (Å²) in [6.07, 6.45) is 1.23. The van der Waals surface area contributed by atoms with Crippen LogP contribution in [-0.2, 0) is 14.6 Å². The van der Waals surface area contributed by atoms with E-state index < -0.39 is 10.4 Å². The van der Waals surface area contributed by atoms with Crippen LogP contribution in [0.5, 0.6) is 0 Å². The first-order valence-corrected chi connectivity index (χ1v) is 3.60. The first-order valence-electron chi connectivity index (χ1n) is 2.23. The third kappa shape index (κ3) is 2.25. The van der Waals surface area contributed by atoms with Crippen molar-refractivity contribution >= 4 is 10.4 Å². The Bertz CT molecular complexity index is 166. The standard InChI is InChI=1S/C3H6O4S/c4-8(5,6)7-3-1-2-3/h3H,1-2H2,(H,4,5,6). The summed E-state index contributed by atoms with van der Waals surface area (Å²) >= 11 is 0. The Kier molecular flexibility index (Phi) is 1.26. The van der Waals surface area contributed by atoms with E-state index in [1.807, 2.05) is 0 Å². The van der Waals surface area contributed by atoms with Crippen LogP contribution in [0.15, 0.2) is 0 Å². The van der Waals surface area contributed by atoms with E-state index in [1.165, 1.54) is 0 Å². The molecule has 1 N–H and O–H groups in total. The maximum absolute atomic E-state index is 9.82. The van der Waals surface area contributed by atoms with E-state index in [1.54, 1.807) is 0 Å². The minimum absolute atomic E-state index is 0.245. The molecular formula is C3H6O4S. The predicted molar refractivity (Wildman–Crippen MR) is 25.7 cm³/mol. The molecule has 0 aromatic rings. The van der Waals surface area contributed by atoms with E-state index in [0.29, 0.717) is 0 Å². The second-order valence-electron chi connectivity index (χ2n) is 1.72. The van der Waals surface area contributed by atoms with Crippen molar-refractivity contribution in [2.24, 2.45) is 0 Å². The Morgan fingerprint density at radius 2 is 2.00 bits per heavy atom.